The maximum absolute atomic E-state index is 5.57. The number of rotatable bonds is 8. The summed E-state index contributed by atoms with van der Waals surface area (Å²) in [4.78, 5) is 4.72. The largest absolute Gasteiger partial charge is 0.493 e. The molecule has 140 valence electrons. The van der Waals surface area contributed by atoms with E-state index in [1.54, 1.807) is 7.11 Å². The number of nitrogens with zero attached hydrogens (tertiary/aromatic N) is 1. The molecule has 5 nitrogen and oxygen atoms in total. The van der Waals surface area contributed by atoms with E-state index in [1.807, 2.05) is 25.1 Å². The van der Waals surface area contributed by atoms with Crippen molar-refractivity contribution in [3.8, 4) is 11.5 Å². The summed E-state index contributed by atoms with van der Waals surface area (Å²) < 4.78 is 11.3. The average molecular weight is 366 g/mol. The van der Waals surface area contributed by atoms with Gasteiger partial charge in [0.1, 0.15) is 0 Å². The van der Waals surface area contributed by atoms with Gasteiger partial charge >= 0.3 is 0 Å². The van der Waals surface area contributed by atoms with Crippen molar-refractivity contribution in [2.75, 3.05) is 32.6 Å². The minimum absolute atomic E-state index is 0.318. The van der Waals surface area contributed by atoms with E-state index in [4.69, 9.17) is 14.5 Å². The second kappa shape index (κ2) is 9.80. The molecule has 0 amide bonds. The van der Waals surface area contributed by atoms with Gasteiger partial charge in [-0.2, -0.15) is 11.8 Å². The molecule has 0 radical (unpaired) electrons. The predicted molar refractivity (Wildman–Crippen MR) is 107 cm³/mol. The van der Waals surface area contributed by atoms with E-state index in [2.05, 4.69) is 36.2 Å². The van der Waals surface area contributed by atoms with Crippen molar-refractivity contribution < 1.29 is 9.47 Å². The van der Waals surface area contributed by atoms with E-state index in [0.717, 1.165) is 36.1 Å². The Balaban J connectivity index is 1.99. The molecule has 0 spiro atoms. The van der Waals surface area contributed by atoms with Crippen molar-refractivity contribution in [1.29, 1.82) is 0 Å². The molecule has 1 aromatic carbocycles. The first kappa shape index (κ1) is 19.8. The molecule has 2 rings (SSSR count). The molecule has 0 saturated carbocycles. The Kier molecular flexibility index (Phi) is 7.75. The molecule has 1 heterocycles. The third-order valence-electron chi connectivity index (χ3n) is 4.22. The number of hydrogen-bond donors (Lipinski definition) is 2. The van der Waals surface area contributed by atoms with E-state index in [1.165, 1.54) is 18.6 Å². The lowest BCUT2D eigenvalue weighted by atomic mass is 10.1. The summed E-state index contributed by atoms with van der Waals surface area (Å²) in [6.07, 6.45) is 2.57. The molecule has 2 N–H and O–H groups in total. The van der Waals surface area contributed by atoms with Crippen LogP contribution in [0.3, 0.4) is 0 Å². The Morgan fingerprint density at radius 1 is 1.28 bits per heavy atom. The third kappa shape index (κ3) is 6.03. The number of hydrogen-bond acceptors (Lipinski definition) is 4. The molecule has 1 unspecified atom stereocenters. The normalized spacial score (nSPS) is 20.4. The fraction of sp³-hybridized carbons (Fsp3) is 0.632. The maximum Gasteiger partial charge on any atom is 0.191 e. The number of aliphatic imine (C=N–C) groups is 1. The molecule has 0 bridgehead atoms. The van der Waals surface area contributed by atoms with E-state index in [0.29, 0.717) is 17.9 Å². The highest BCUT2D eigenvalue weighted by molar-refractivity contribution is 8.00. The standard InChI is InChI=1S/C19H31N3O2S/c1-5-20-18(22-14-19(3)10-7-11-25-19)21-13-15-8-9-16(24-6-2)17(12-15)23-4/h8-9,12H,5-7,10-11,13-14H2,1-4H3,(H2,20,21,22). The SMILES string of the molecule is CCNC(=NCc1ccc(OCC)c(OC)c1)NCC1(C)CCCS1. The van der Waals surface area contributed by atoms with Crippen LogP contribution in [0.1, 0.15) is 39.2 Å². The van der Waals surface area contributed by atoms with Gasteiger partial charge in [0.25, 0.3) is 0 Å². The first-order chi connectivity index (χ1) is 12.1. The van der Waals surface area contributed by atoms with E-state index in [-0.39, 0.29) is 0 Å². The summed E-state index contributed by atoms with van der Waals surface area (Å²) in [5.41, 5.74) is 1.10. The highest BCUT2D eigenvalue weighted by atomic mass is 32.2. The fourth-order valence-electron chi connectivity index (χ4n) is 2.84. The summed E-state index contributed by atoms with van der Waals surface area (Å²) in [7, 11) is 1.66. The predicted octanol–water partition coefficient (Wildman–Crippen LogP) is 3.43. The van der Waals surface area contributed by atoms with Crippen LogP contribution in [-0.4, -0.2) is 43.3 Å². The van der Waals surface area contributed by atoms with Gasteiger partial charge in [-0.1, -0.05) is 6.07 Å². The van der Waals surface area contributed by atoms with Crippen LogP contribution in [0.4, 0.5) is 0 Å². The van der Waals surface area contributed by atoms with Gasteiger partial charge in [0.05, 0.1) is 20.3 Å². The Morgan fingerprint density at radius 3 is 2.76 bits per heavy atom. The fourth-order valence-corrected chi connectivity index (χ4v) is 4.09. The molecule has 25 heavy (non-hydrogen) atoms. The molecule has 1 fully saturated rings. The molecule has 1 saturated heterocycles. The lowest BCUT2D eigenvalue weighted by Crippen LogP contribution is -2.43. The number of methoxy groups -OCH3 is 1. The second-order valence-electron chi connectivity index (χ2n) is 6.37. The molecule has 1 aromatic rings. The number of thioether (sulfide) groups is 1. The molecule has 1 aliphatic rings. The average Bonchev–Trinajstić information content (AvgIpc) is 3.05. The van der Waals surface area contributed by atoms with Gasteiger partial charge in [0.15, 0.2) is 17.5 Å². The summed E-state index contributed by atoms with van der Waals surface area (Å²) in [5.74, 6) is 3.65. The molecular formula is C19H31N3O2S. The van der Waals surface area contributed by atoms with E-state index >= 15 is 0 Å². The number of ether oxygens (including phenoxy) is 2. The van der Waals surface area contributed by atoms with Crippen molar-refractivity contribution in [3.05, 3.63) is 23.8 Å². The number of nitrogens with one attached hydrogen (secondary N) is 2. The molecule has 0 aromatic heterocycles. The van der Waals surface area contributed by atoms with Crippen LogP contribution >= 0.6 is 11.8 Å². The molecule has 6 heteroatoms. The topological polar surface area (TPSA) is 54.9 Å². The van der Waals surface area contributed by atoms with Crippen molar-refractivity contribution in [2.45, 2.75) is 44.9 Å². The zero-order chi connectivity index (χ0) is 18.1. The van der Waals surface area contributed by atoms with Gasteiger partial charge in [0.2, 0.25) is 0 Å². The number of guanidine groups is 1. The Labute approximate surface area is 156 Å². The minimum Gasteiger partial charge on any atom is -0.493 e. The molecular weight excluding hydrogens is 334 g/mol. The van der Waals surface area contributed by atoms with Crippen molar-refractivity contribution in [1.82, 2.24) is 10.6 Å². The lowest BCUT2D eigenvalue weighted by Gasteiger charge is -2.24. The van der Waals surface area contributed by atoms with Gasteiger partial charge in [-0.3, -0.25) is 0 Å². The Bertz CT molecular complexity index is 572. The number of benzene rings is 1. The lowest BCUT2D eigenvalue weighted by molar-refractivity contribution is 0.310. The van der Waals surface area contributed by atoms with Crippen LogP contribution in [0.25, 0.3) is 0 Å². The Morgan fingerprint density at radius 2 is 2.12 bits per heavy atom. The third-order valence-corrected chi connectivity index (χ3v) is 5.76. The van der Waals surface area contributed by atoms with Gasteiger partial charge in [-0.15, -0.1) is 0 Å². The van der Waals surface area contributed by atoms with Gasteiger partial charge in [0, 0.05) is 17.8 Å². The van der Waals surface area contributed by atoms with Crippen LogP contribution in [0.2, 0.25) is 0 Å². The van der Waals surface area contributed by atoms with Crippen molar-refractivity contribution in [2.24, 2.45) is 4.99 Å². The van der Waals surface area contributed by atoms with Gasteiger partial charge in [-0.25, -0.2) is 4.99 Å². The second-order valence-corrected chi connectivity index (χ2v) is 8.05. The summed E-state index contributed by atoms with van der Waals surface area (Å²) in [6.45, 7) is 9.40. The molecule has 1 aliphatic heterocycles. The quantitative estimate of drug-likeness (QED) is 0.546. The summed E-state index contributed by atoms with van der Waals surface area (Å²) in [5, 5.41) is 6.82. The minimum atomic E-state index is 0.318. The Hall–Kier alpha value is -1.56. The zero-order valence-electron chi connectivity index (χ0n) is 15.9. The summed E-state index contributed by atoms with van der Waals surface area (Å²) >= 11 is 2.05. The van der Waals surface area contributed by atoms with Crippen LogP contribution in [0, 0.1) is 0 Å². The van der Waals surface area contributed by atoms with Crippen molar-refractivity contribution in [3.63, 3.8) is 0 Å². The van der Waals surface area contributed by atoms with Crippen LogP contribution in [0.5, 0.6) is 11.5 Å². The monoisotopic (exact) mass is 365 g/mol. The van der Waals surface area contributed by atoms with E-state index < -0.39 is 0 Å². The van der Waals surface area contributed by atoms with E-state index in [9.17, 15) is 0 Å². The molecule has 1 atom stereocenters. The zero-order valence-corrected chi connectivity index (χ0v) is 16.7. The van der Waals surface area contributed by atoms with Crippen LogP contribution < -0.4 is 20.1 Å². The van der Waals surface area contributed by atoms with Crippen LogP contribution in [-0.2, 0) is 6.54 Å². The molecule has 0 aliphatic carbocycles. The highest BCUT2D eigenvalue weighted by Gasteiger charge is 2.29. The van der Waals surface area contributed by atoms with Crippen molar-refractivity contribution >= 4 is 17.7 Å². The van der Waals surface area contributed by atoms with Gasteiger partial charge in [-0.05, 0) is 57.1 Å². The van der Waals surface area contributed by atoms with Gasteiger partial charge < -0.3 is 20.1 Å². The maximum atomic E-state index is 5.57. The highest BCUT2D eigenvalue weighted by Crippen LogP contribution is 2.36. The van der Waals surface area contributed by atoms with Crippen LogP contribution in [0.15, 0.2) is 23.2 Å². The first-order valence-corrected chi connectivity index (χ1v) is 10.0. The first-order valence-electron chi connectivity index (χ1n) is 9.06. The summed E-state index contributed by atoms with van der Waals surface area (Å²) in [6, 6.07) is 5.98. The smallest absolute Gasteiger partial charge is 0.191 e.